The monoisotopic (exact) mass is 492 g/mol. The number of ether oxygens (including phenoxy) is 3. The largest absolute Gasteiger partial charge is 0.488 e. The molecule has 1 amide bonds. The third-order valence-corrected chi connectivity index (χ3v) is 6.24. The van der Waals surface area contributed by atoms with Gasteiger partial charge in [-0.05, 0) is 43.3 Å². The smallest absolute Gasteiger partial charge is 0.257 e. The topological polar surface area (TPSA) is 124 Å². The Labute approximate surface area is 195 Å². The quantitative estimate of drug-likeness (QED) is 0.441. The maximum absolute atomic E-state index is 12.8. The molecular weight excluding hydrogens is 468 g/mol. The van der Waals surface area contributed by atoms with Gasteiger partial charge in [-0.2, -0.15) is 0 Å². The second-order valence-electron chi connectivity index (χ2n) is 7.18. The van der Waals surface area contributed by atoms with Crippen molar-refractivity contribution in [3.63, 3.8) is 0 Å². The van der Waals surface area contributed by atoms with E-state index < -0.39 is 15.7 Å². The summed E-state index contributed by atoms with van der Waals surface area (Å²) >= 11 is 1.20. The van der Waals surface area contributed by atoms with Crippen molar-refractivity contribution in [3.8, 4) is 17.2 Å². The Balaban J connectivity index is 1.87. The van der Waals surface area contributed by atoms with Gasteiger partial charge in [0.2, 0.25) is 0 Å². The van der Waals surface area contributed by atoms with Gasteiger partial charge in [-0.25, -0.2) is 13.4 Å². The van der Waals surface area contributed by atoms with E-state index in [1.807, 2.05) is 6.92 Å². The zero-order chi connectivity index (χ0) is 24.0. The van der Waals surface area contributed by atoms with Gasteiger partial charge >= 0.3 is 0 Å². The van der Waals surface area contributed by atoms with Crippen LogP contribution in [0.5, 0.6) is 17.2 Å². The number of aliphatic hydroxyl groups excluding tert-OH is 1. The highest BCUT2D eigenvalue weighted by Crippen LogP contribution is 2.29. The third kappa shape index (κ3) is 6.99. The van der Waals surface area contributed by atoms with Crippen LogP contribution in [-0.2, 0) is 21.2 Å². The number of aliphatic hydroxyl groups is 1. The molecule has 0 aliphatic carbocycles. The number of methoxy groups -OCH3 is 1. The van der Waals surface area contributed by atoms with Crippen LogP contribution in [0, 0.1) is 0 Å². The Bertz CT molecular complexity index is 1210. The summed E-state index contributed by atoms with van der Waals surface area (Å²) < 4.78 is 40.1. The van der Waals surface area contributed by atoms with Gasteiger partial charge in [0.25, 0.3) is 5.91 Å². The van der Waals surface area contributed by atoms with Crippen LogP contribution in [0.15, 0.2) is 52.7 Å². The SMILES string of the molecule is COCC(C)Oc1cc(Oc2ccc(S(C)(=O)=O)cc2)cc(C(=O)Nc2nc(CO)cs2)c1. The Morgan fingerprint density at radius 3 is 2.45 bits per heavy atom. The second kappa shape index (κ2) is 10.8. The van der Waals surface area contributed by atoms with E-state index in [0.717, 1.165) is 6.26 Å². The van der Waals surface area contributed by atoms with Crippen LogP contribution in [0.25, 0.3) is 0 Å². The number of carbonyl (C=O) groups excluding carboxylic acids is 1. The Kier molecular flexibility index (Phi) is 8.03. The van der Waals surface area contributed by atoms with E-state index in [-0.39, 0.29) is 23.2 Å². The molecule has 2 N–H and O–H groups in total. The number of nitrogens with zero attached hydrogens (tertiary/aromatic N) is 1. The molecule has 0 saturated heterocycles. The number of hydrogen-bond acceptors (Lipinski definition) is 9. The molecule has 1 heterocycles. The highest BCUT2D eigenvalue weighted by Gasteiger charge is 2.15. The standard InChI is InChI=1S/C22H24N2O7S2/c1-14(12-29-2)30-18-8-15(21(26)24-22-23-16(11-25)13-32-22)9-19(10-18)31-17-4-6-20(7-5-17)33(3,27)28/h4-10,13-14,25H,11-12H2,1-3H3,(H,23,24,26). The molecule has 0 fully saturated rings. The van der Waals surface area contributed by atoms with Crippen molar-refractivity contribution in [1.29, 1.82) is 0 Å². The van der Waals surface area contributed by atoms with Crippen LogP contribution in [0.4, 0.5) is 5.13 Å². The van der Waals surface area contributed by atoms with Gasteiger partial charge in [0.15, 0.2) is 15.0 Å². The molecule has 0 saturated carbocycles. The fourth-order valence-electron chi connectivity index (χ4n) is 2.83. The number of anilines is 1. The molecule has 176 valence electrons. The molecule has 0 aliphatic heterocycles. The molecule has 0 spiro atoms. The number of sulfone groups is 1. The van der Waals surface area contributed by atoms with Gasteiger partial charge < -0.3 is 19.3 Å². The van der Waals surface area contributed by atoms with Crippen molar-refractivity contribution >= 4 is 32.2 Å². The number of hydrogen-bond donors (Lipinski definition) is 2. The number of amides is 1. The van der Waals surface area contributed by atoms with Crippen molar-refractivity contribution in [2.75, 3.05) is 25.3 Å². The summed E-state index contributed by atoms with van der Waals surface area (Å²) in [6.45, 7) is 1.96. The van der Waals surface area contributed by atoms with Crippen molar-refractivity contribution in [2.45, 2.75) is 24.5 Å². The molecule has 3 aromatic rings. The first-order chi connectivity index (χ1) is 15.7. The van der Waals surface area contributed by atoms with E-state index in [4.69, 9.17) is 19.3 Å². The van der Waals surface area contributed by atoms with Crippen LogP contribution in [0.2, 0.25) is 0 Å². The fourth-order valence-corrected chi connectivity index (χ4v) is 4.16. The minimum atomic E-state index is -3.33. The summed E-state index contributed by atoms with van der Waals surface area (Å²) in [6.07, 6.45) is 0.850. The maximum atomic E-state index is 12.8. The summed E-state index contributed by atoms with van der Waals surface area (Å²) in [5, 5.41) is 13.8. The summed E-state index contributed by atoms with van der Waals surface area (Å²) in [7, 11) is -1.76. The molecule has 1 unspecified atom stereocenters. The predicted octanol–water partition coefficient (Wildman–Crippen LogP) is 3.50. The van der Waals surface area contributed by atoms with Gasteiger partial charge in [-0.15, -0.1) is 11.3 Å². The normalized spacial score (nSPS) is 12.2. The lowest BCUT2D eigenvalue weighted by atomic mass is 10.2. The molecular formula is C22H24N2O7S2. The van der Waals surface area contributed by atoms with Gasteiger partial charge in [-0.1, -0.05) is 0 Å². The first kappa shape index (κ1) is 24.6. The van der Waals surface area contributed by atoms with Crippen molar-refractivity contribution in [2.24, 2.45) is 0 Å². The lowest BCUT2D eigenvalue weighted by Gasteiger charge is -2.16. The van der Waals surface area contributed by atoms with Gasteiger partial charge in [0.1, 0.15) is 23.4 Å². The number of rotatable bonds is 10. The van der Waals surface area contributed by atoms with Crippen LogP contribution >= 0.6 is 11.3 Å². The molecule has 11 heteroatoms. The molecule has 0 bridgehead atoms. The number of aromatic nitrogens is 1. The minimum absolute atomic E-state index is 0.172. The molecule has 0 aliphatic rings. The maximum Gasteiger partial charge on any atom is 0.257 e. The Hall–Kier alpha value is -2.99. The highest BCUT2D eigenvalue weighted by atomic mass is 32.2. The van der Waals surface area contributed by atoms with Crippen LogP contribution in [-0.4, -0.2) is 50.5 Å². The second-order valence-corrected chi connectivity index (χ2v) is 10.1. The number of carbonyl (C=O) groups is 1. The van der Waals surface area contributed by atoms with E-state index in [0.29, 0.717) is 34.7 Å². The average molecular weight is 493 g/mol. The van der Waals surface area contributed by atoms with E-state index in [1.165, 1.54) is 41.7 Å². The fraction of sp³-hybridized carbons (Fsp3) is 0.273. The molecule has 1 aromatic heterocycles. The zero-order valence-corrected chi connectivity index (χ0v) is 19.9. The van der Waals surface area contributed by atoms with Crippen LogP contribution in [0.1, 0.15) is 23.0 Å². The molecule has 2 aromatic carbocycles. The van der Waals surface area contributed by atoms with E-state index in [9.17, 15) is 13.2 Å². The van der Waals surface area contributed by atoms with Gasteiger partial charge in [-0.3, -0.25) is 10.1 Å². The van der Waals surface area contributed by atoms with Gasteiger partial charge in [0, 0.05) is 30.4 Å². The number of thiazole rings is 1. The predicted molar refractivity (Wildman–Crippen MR) is 124 cm³/mol. The van der Waals surface area contributed by atoms with Gasteiger partial charge in [0.05, 0.1) is 23.8 Å². The first-order valence-corrected chi connectivity index (χ1v) is 12.6. The summed E-state index contributed by atoms with van der Waals surface area (Å²) in [5.41, 5.74) is 0.725. The van der Waals surface area contributed by atoms with Crippen molar-refractivity contribution < 1.29 is 32.5 Å². The third-order valence-electron chi connectivity index (χ3n) is 4.30. The van der Waals surface area contributed by atoms with Crippen molar-refractivity contribution in [3.05, 3.63) is 59.1 Å². The molecule has 9 nitrogen and oxygen atoms in total. The molecule has 1 atom stereocenters. The van der Waals surface area contributed by atoms with Crippen LogP contribution < -0.4 is 14.8 Å². The molecule has 3 rings (SSSR count). The summed E-state index contributed by atoms with van der Waals surface area (Å²) in [6, 6.07) is 10.7. The first-order valence-electron chi connectivity index (χ1n) is 9.83. The van der Waals surface area contributed by atoms with Crippen LogP contribution in [0.3, 0.4) is 0 Å². The summed E-state index contributed by atoms with van der Waals surface area (Å²) in [5.74, 6) is 0.675. The van der Waals surface area contributed by atoms with E-state index in [2.05, 4.69) is 10.3 Å². The lowest BCUT2D eigenvalue weighted by Crippen LogP contribution is -2.18. The zero-order valence-electron chi connectivity index (χ0n) is 18.3. The molecule has 0 radical (unpaired) electrons. The highest BCUT2D eigenvalue weighted by molar-refractivity contribution is 7.90. The summed E-state index contributed by atoms with van der Waals surface area (Å²) in [4.78, 5) is 17.1. The minimum Gasteiger partial charge on any atom is -0.488 e. The van der Waals surface area contributed by atoms with E-state index in [1.54, 1.807) is 24.6 Å². The average Bonchev–Trinajstić information content (AvgIpc) is 3.21. The molecule has 33 heavy (non-hydrogen) atoms. The van der Waals surface area contributed by atoms with Crippen molar-refractivity contribution in [1.82, 2.24) is 4.98 Å². The lowest BCUT2D eigenvalue weighted by molar-refractivity contribution is 0.0916. The van der Waals surface area contributed by atoms with E-state index >= 15 is 0 Å². The Morgan fingerprint density at radius 1 is 1.15 bits per heavy atom. The Morgan fingerprint density at radius 2 is 1.85 bits per heavy atom. The number of benzene rings is 2. The number of nitrogens with one attached hydrogen (secondary N) is 1.